The second-order valence-corrected chi connectivity index (χ2v) is 3.83. The van der Waals surface area contributed by atoms with Crippen LogP contribution in [0.1, 0.15) is 5.69 Å². The van der Waals surface area contributed by atoms with Crippen LogP contribution in [-0.2, 0) is 0 Å². The van der Waals surface area contributed by atoms with Crippen LogP contribution < -0.4 is 5.32 Å². The van der Waals surface area contributed by atoms with Gasteiger partial charge in [-0.25, -0.2) is 4.98 Å². The van der Waals surface area contributed by atoms with Crippen LogP contribution >= 0.6 is 11.6 Å². The van der Waals surface area contributed by atoms with Gasteiger partial charge in [0.15, 0.2) is 0 Å². The summed E-state index contributed by atoms with van der Waals surface area (Å²) in [7, 11) is 1.86. The summed E-state index contributed by atoms with van der Waals surface area (Å²) in [4.78, 5) is 8.32. The fourth-order valence-corrected chi connectivity index (χ4v) is 1.78. The Bertz CT molecular complexity index is 511. The largest absolute Gasteiger partial charge is 0.386 e. The third kappa shape index (κ3) is 1.99. The van der Waals surface area contributed by atoms with E-state index in [1.54, 1.807) is 12.4 Å². The summed E-state index contributed by atoms with van der Waals surface area (Å²) in [6.07, 6.45) is 3.50. The molecule has 0 aliphatic heterocycles. The fourth-order valence-electron chi connectivity index (χ4n) is 1.62. The number of aromatic nitrogens is 2. The number of rotatable bonds is 2. The maximum atomic E-state index is 5.92. The van der Waals surface area contributed by atoms with Crippen LogP contribution in [0.2, 0.25) is 5.15 Å². The Hall–Kier alpha value is -1.61. The summed E-state index contributed by atoms with van der Waals surface area (Å²) >= 11 is 5.92. The number of pyridine rings is 2. The Kier molecular flexibility index (Phi) is 3.06. The van der Waals surface area contributed by atoms with Crippen LogP contribution in [0.3, 0.4) is 0 Å². The van der Waals surface area contributed by atoms with E-state index in [4.69, 9.17) is 11.6 Å². The second-order valence-electron chi connectivity index (χ2n) is 3.44. The smallest absolute Gasteiger partial charge is 0.129 e. The summed E-state index contributed by atoms with van der Waals surface area (Å²) in [6.45, 7) is 1.98. The molecule has 2 aromatic rings. The van der Waals surface area contributed by atoms with E-state index < -0.39 is 0 Å². The predicted octanol–water partition coefficient (Wildman–Crippen LogP) is 3.15. The van der Waals surface area contributed by atoms with Gasteiger partial charge in [0.25, 0.3) is 0 Å². The number of aryl methyl sites for hydroxylation is 1. The molecule has 4 heteroatoms. The van der Waals surface area contributed by atoms with Crippen molar-refractivity contribution in [3.8, 4) is 11.1 Å². The minimum absolute atomic E-state index is 0.484. The van der Waals surface area contributed by atoms with Crippen molar-refractivity contribution in [3.63, 3.8) is 0 Å². The molecule has 1 N–H and O–H groups in total. The molecule has 2 heterocycles. The van der Waals surface area contributed by atoms with Crippen LogP contribution in [0.5, 0.6) is 0 Å². The number of hydrogen-bond acceptors (Lipinski definition) is 3. The van der Waals surface area contributed by atoms with Crippen molar-refractivity contribution in [3.05, 3.63) is 41.4 Å². The molecule has 0 fully saturated rings. The van der Waals surface area contributed by atoms with Crippen LogP contribution in [0.4, 0.5) is 5.69 Å². The molecule has 0 amide bonds. The van der Waals surface area contributed by atoms with Gasteiger partial charge in [-0.1, -0.05) is 17.7 Å². The van der Waals surface area contributed by atoms with Crippen LogP contribution in [0.25, 0.3) is 11.1 Å². The van der Waals surface area contributed by atoms with E-state index in [0.29, 0.717) is 5.15 Å². The highest BCUT2D eigenvalue weighted by atomic mass is 35.5. The van der Waals surface area contributed by atoms with Crippen molar-refractivity contribution in [2.45, 2.75) is 6.92 Å². The summed E-state index contributed by atoms with van der Waals surface area (Å²) in [5, 5.41) is 3.58. The van der Waals surface area contributed by atoms with E-state index in [0.717, 1.165) is 22.5 Å². The third-order valence-electron chi connectivity index (χ3n) is 2.44. The Morgan fingerprint density at radius 1 is 1.25 bits per heavy atom. The lowest BCUT2D eigenvalue weighted by molar-refractivity contribution is 1.20. The van der Waals surface area contributed by atoms with Crippen molar-refractivity contribution in [1.82, 2.24) is 9.97 Å². The number of nitrogens with one attached hydrogen (secondary N) is 1. The molecule has 0 bridgehead atoms. The summed E-state index contributed by atoms with van der Waals surface area (Å²) in [6, 6.07) is 5.78. The van der Waals surface area contributed by atoms with E-state index in [1.165, 1.54) is 0 Å². The van der Waals surface area contributed by atoms with Gasteiger partial charge in [0.05, 0.1) is 11.9 Å². The Morgan fingerprint density at radius 3 is 2.75 bits per heavy atom. The molecule has 3 nitrogen and oxygen atoms in total. The molecule has 82 valence electrons. The maximum absolute atomic E-state index is 5.92. The van der Waals surface area contributed by atoms with Crippen LogP contribution in [0, 0.1) is 6.92 Å². The van der Waals surface area contributed by atoms with Gasteiger partial charge in [-0.3, -0.25) is 4.98 Å². The molecule has 0 radical (unpaired) electrons. The highest BCUT2D eigenvalue weighted by molar-refractivity contribution is 6.29. The lowest BCUT2D eigenvalue weighted by Gasteiger charge is -2.10. The average molecular weight is 234 g/mol. The highest BCUT2D eigenvalue weighted by Gasteiger charge is 2.08. The van der Waals surface area contributed by atoms with Gasteiger partial charge in [0.2, 0.25) is 0 Å². The Morgan fingerprint density at radius 2 is 2.06 bits per heavy atom. The predicted molar refractivity (Wildman–Crippen MR) is 66.8 cm³/mol. The van der Waals surface area contributed by atoms with Crippen LogP contribution in [-0.4, -0.2) is 17.0 Å². The van der Waals surface area contributed by atoms with Gasteiger partial charge in [0, 0.05) is 30.1 Å². The summed E-state index contributed by atoms with van der Waals surface area (Å²) < 4.78 is 0. The molecule has 0 unspecified atom stereocenters. The Balaban J connectivity index is 2.63. The van der Waals surface area contributed by atoms with Gasteiger partial charge in [-0.2, -0.15) is 0 Å². The Labute approximate surface area is 99.5 Å². The average Bonchev–Trinajstić information content (AvgIpc) is 2.29. The van der Waals surface area contributed by atoms with Gasteiger partial charge in [0.1, 0.15) is 5.15 Å². The van der Waals surface area contributed by atoms with Crippen molar-refractivity contribution in [2.75, 3.05) is 12.4 Å². The zero-order valence-electron chi connectivity index (χ0n) is 9.16. The van der Waals surface area contributed by atoms with E-state index in [9.17, 15) is 0 Å². The van der Waals surface area contributed by atoms with E-state index >= 15 is 0 Å². The molecule has 2 rings (SSSR count). The molecular weight excluding hydrogens is 222 g/mol. The topological polar surface area (TPSA) is 37.8 Å². The number of hydrogen-bond donors (Lipinski definition) is 1. The summed E-state index contributed by atoms with van der Waals surface area (Å²) in [5.74, 6) is 0. The minimum Gasteiger partial charge on any atom is -0.386 e. The van der Waals surface area contributed by atoms with E-state index in [2.05, 4.69) is 15.3 Å². The first kappa shape index (κ1) is 10.9. The molecule has 0 saturated heterocycles. The SMILES string of the molecule is CNc1cnc(Cl)cc1-c1cccnc1C. The number of halogens is 1. The molecule has 0 aromatic carbocycles. The van der Waals surface area contributed by atoms with Gasteiger partial charge >= 0.3 is 0 Å². The lowest BCUT2D eigenvalue weighted by atomic mass is 10.0. The number of anilines is 1. The standard InChI is InChI=1S/C12H12ClN3/c1-8-9(4-3-5-15-8)10-6-12(13)16-7-11(10)14-2/h3-7,14H,1-2H3. The molecule has 16 heavy (non-hydrogen) atoms. The van der Waals surface area contributed by atoms with Gasteiger partial charge in [-0.15, -0.1) is 0 Å². The van der Waals surface area contributed by atoms with Crippen LogP contribution in [0.15, 0.2) is 30.6 Å². The van der Waals surface area contributed by atoms with Crippen molar-refractivity contribution in [1.29, 1.82) is 0 Å². The molecule has 0 atom stereocenters. The normalized spacial score (nSPS) is 10.2. The quantitative estimate of drug-likeness (QED) is 0.810. The van der Waals surface area contributed by atoms with Gasteiger partial charge < -0.3 is 5.32 Å². The molecule has 2 aromatic heterocycles. The first-order valence-electron chi connectivity index (χ1n) is 4.97. The maximum Gasteiger partial charge on any atom is 0.129 e. The molecule has 0 aliphatic rings. The molecule has 0 aliphatic carbocycles. The van der Waals surface area contributed by atoms with Crippen molar-refractivity contribution >= 4 is 17.3 Å². The van der Waals surface area contributed by atoms with E-state index in [-0.39, 0.29) is 0 Å². The third-order valence-corrected chi connectivity index (χ3v) is 2.64. The van der Waals surface area contributed by atoms with Crippen molar-refractivity contribution < 1.29 is 0 Å². The first-order valence-corrected chi connectivity index (χ1v) is 5.35. The van der Waals surface area contributed by atoms with E-state index in [1.807, 2.05) is 32.2 Å². The van der Waals surface area contributed by atoms with Crippen molar-refractivity contribution in [2.24, 2.45) is 0 Å². The minimum atomic E-state index is 0.484. The molecular formula is C12H12ClN3. The monoisotopic (exact) mass is 233 g/mol. The number of nitrogens with zero attached hydrogens (tertiary/aromatic N) is 2. The fraction of sp³-hybridized carbons (Fsp3) is 0.167. The second kappa shape index (κ2) is 4.49. The summed E-state index contributed by atoms with van der Waals surface area (Å²) in [5.41, 5.74) is 4.01. The zero-order chi connectivity index (χ0) is 11.5. The molecule has 0 spiro atoms. The highest BCUT2D eigenvalue weighted by Crippen LogP contribution is 2.30. The van der Waals surface area contributed by atoms with Gasteiger partial charge in [-0.05, 0) is 19.1 Å². The zero-order valence-corrected chi connectivity index (χ0v) is 9.92. The lowest BCUT2D eigenvalue weighted by Crippen LogP contribution is -1.95. The first-order chi connectivity index (χ1) is 7.72. The molecule has 0 saturated carbocycles.